The molecule has 5 heteroatoms. The summed E-state index contributed by atoms with van der Waals surface area (Å²) in [4.78, 5) is 4.50. The third kappa shape index (κ3) is 2.38. The Kier molecular flexibility index (Phi) is 3.39. The highest BCUT2D eigenvalue weighted by atomic mass is 16.5. The van der Waals surface area contributed by atoms with Gasteiger partial charge >= 0.3 is 0 Å². The lowest BCUT2D eigenvalue weighted by Gasteiger charge is -2.07. The maximum absolute atomic E-state index is 5.82. The second-order valence-electron chi connectivity index (χ2n) is 4.52. The summed E-state index contributed by atoms with van der Waals surface area (Å²) in [5.74, 6) is 1.88. The number of hydrogen-bond donors (Lipinski definition) is 1. The zero-order valence-electron chi connectivity index (χ0n) is 12.1. The Morgan fingerprint density at radius 1 is 1.00 bits per heavy atom. The Bertz CT molecular complexity index is 780. The maximum atomic E-state index is 5.82. The number of nitrogens with one attached hydrogen (secondary N) is 1. The van der Waals surface area contributed by atoms with Gasteiger partial charge in [-0.2, -0.15) is 0 Å². The predicted octanol–water partition coefficient (Wildman–Crippen LogP) is 3.55. The van der Waals surface area contributed by atoms with E-state index >= 15 is 0 Å². The molecular formula is C16H16N2O3. The summed E-state index contributed by atoms with van der Waals surface area (Å²) in [7, 11) is 5.08. The number of nitrogens with zero attached hydrogens (tertiary/aromatic N) is 1. The number of oxazole rings is 1. The second kappa shape index (κ2) is 5.36. The van der Waals surface area contributed by atoms with Gasteiger partial charge in [0.2, 0.25) is 5.89 Å². The van der Waals surface area contributed by atoms with Crippen LogP contribution >= 0.6 is 0 Å². The quantitative estimate of drug-likeness (QED) is 0.794. The molecule has 0 aliphatic rings. The molecule has 1 heterocycles. The van der Waals surface area contributed by atoms with Crippen LogP contribution in [0.4, 0.5) is 5.69 Å². The van der Waals surface area contributed by atoms with Crippen molar-refractivity contribution in [3.05, 3.63) is 36.4 Å². The molecule has 0 saturated carbocycles. The third-order valence-corrected chi connectivity index (χ3v) is 3.31. The molecule has 0 spiro atoms. The number of aromatic nitrogens is 1. The molecule has 1 N–H and O–H groups in total. The summed E-state index contributed by atoms with van der Waals surface area (Å²) >= 11 is 0. The Balaban J connectivity index is 2.07. The molecule has 0 fully saturated rings. The zero-order chi connectivity index (χ0) is 14.8. The van der Waals surface area contributed by atoms with Gasteiger partial charge in [0, 0.05) is 24.4 Å². The Labute approximate surface area is 122 Å². The molecule has 0 saturated heterocycles. The van der Waals surface area contributed by atoms with Gasteiger partial charge in [0.25, 0.3) is 0 Å². The molecule has 1 aromatic heterocycles. The second-order valence-corrected chi connectivity index (χ2v) is 4.52. The highest BCUT2D eigenvalue weighted by Crippen LogP contribution is 2.33. The van der Waals surface area contributed by atoms with Gasteiger partial charge in [0.15, 0.2) is 17.1 Å². The number of rotatable bonds is 4. The van der Waals surface area contributed by atoms with Crippen LogP contribution < -0.4 is 14.8 Å². The van der Waals surface area contributed by atoms with Crippen molar-refractivity contribution in [1.29, 1.82) is 0 Å². The fraction of sp³-hybridized carbons (Fsp3) is 0.188. The summed E-state index contributed by atoms with van der Waals surface area (Å²) in [6.07, 6.45) is 0. The summed E-state index contributed by atoms with van der Waals surface area (Å²) in [6, 6.07) is 11.4. The van der Waals surface area contributed by atoms with Crippen LogP contribution in [-0.2, 0) is 0 Å². The first-order chi connectivity index (χ1) is 10.2. The van der Waals surface area contributed by atoms with Gasteiger partial charge in [-0.25, -0.2) is 4.98 Å². The maximum Gasteiger partial charge on any atom is 0.227 e. The van der Waals surface area contributed by atoms with Gasteiger partial charge < -0.3 is 19.2 Å². The molecule has 0 aliphatic heterocycles. The van der Waals surface area contributed by atoms with Gasteiger partial charge in [-0.05, 0) is 30.3 Å². The SMILES string of the molecule is CNc1ccc2nc(-c3ccc(OC)c(OC)c3)oc2c1. The first kappa shape index (κ1) is 13.3. The van der Waals surface area contributed by atoms with Crippen molar-refractivity contribution in [3.8, 4) is 23.0 Å². The van der Waals surface area contributed by atoms with E-state index in [4.69, 9.17) is 13.9 Å². The number of ether oxygens (including phenoxy) is 2. The molecular weight excluding hydrogens is 268 g/mol. The van der Waals surface area contributed by atoms with Crippen LogP contribution in [0.5, 0.6) is 11.5 Å². The fourth-order valence-corrected chi connectivity index (χ4v) is 2.17. The average molecular weight is 284 g/mol. The lowest BCUT2D eigenvalue weighted by molar-refractivity contribution is 0.355. The van der Waals surface area contributed by atoms with Crippen LogP contribution in [0.2, 0.25) is 0 Å². The molecule has 0 bridgehead atoms. The standard InChI is InChI=1S/C16H16N2O3/c1-17-11-5-6-12-14(9-11)21-16(18-12)10-4-7-13(19-2)15(8-10)20-3/h4-9,17H,1-3H3. The number of anilines is 1. The van der Waals surface area contributed by atoms with Crippen LogP contribution in [0.25, 0.3) is 22.6 Å². The van der Waals surface area contributed by atoms with Crippen molar-refractivity contribution in [2.75, 3.05) is 26.6 Å². The minimum Gasteiger partial charge on any atom is -0.493 e. The van der Waals surface area contributed by atoms with Crippen LogP contribution in [0.3, 0.4) is 0 Å². The van der Waals surface area contributed by atoms with Crippen molar-refractivity contribution >= 4 is 16.8 Å². The van der Waals surface area contributed by atoms with E-state index < -0.39 is 0 Å². The summed E-state index contributed by atoms with van der Waals surface area (Å²) in [6.45, 7) is 0. The first-order valence-corrected chi connectivity index (χ1v) is 6.56. The molecule has 3 rings (SSSR count). The molecule has 2 aromatic carbocycles. The van der Waals surface area contributed by atoms with Crippen molar-refractivity contribution in [1.82, 2.24) is 4.98 Å². The zero-order valence-corrected chi connectivity index (χ0v) is 12.1. The van der Waals surface area contributed by atoms with E-state index in [9.17, 15) is 0 Å². The number of methoxy groups -OCH3 is 2. The Hall–Kier alpha value is -2.69. The average Bonchev–Trinajstić information content (AvgIpc) is 2.96. The van der Waals surface area contributed by atoms with Crippen LogP contribution in [0, 0.1) is 0 Å². The van der Waals surface area contributed by atoms with Crippen LogP contribution in [-0.4, -0.2) is 26.3 Å². The molecule has 0 atom stereocenters. The van der Waals surface area contributed by atoms with E-state index in [1.807, 2.05) is 43.4 Å². The van der Waals surface area contributed by atoms with E-state index in [2.05, 4.69) is 10.3 Å². The van der Waals surface area contributed by atoms with E-state index in [1.54, 1.807) is 14.2 Å². The summed E-state index contributed by atoms with van der Waals surface area (Å²) < 4.78 is 16.4. The van der Waals surface area contributed by atoms with Gasteiger partial charge in [-0.3, -0.25) is 0 Å². The number of benzene rings is 2. The van der Waals surface area contributed by atoms with E-state index in [0.29, 0.717) is 17.4 Å². The molecule has 0 radical (unpaired) electrons. The first-order valence-electron chi connectivity index (χ1n) is 6.56. The highest BCUT2D eigenvalue weighted by Gasteiger charge is 2.12. The van der Waals surface area contributed by atoms with E-state index in [0.717, 1.165) is 22.4 Å². The largest absolute Gasteiger partial charge is 0.493 e. The lowest BCUT2D eigenvalue weighted by atomic mass is 10.2. The topological polar surface area (TPSA) is 56.5 Å². The normalized spacial score (nSPS) is 10.6. The minimum atomic E-state index is 0.555. The van der Waals surface area contributed by atoms with Crippen molar-refractivity contribution < 1.29 is 13.9 Å². The molecule has 3 aromatic rings. The Morgan fingerprint density at radius 2 is 1.81 bits per heavy atom. The van der Waals surface area contributed by atoms with Crippen molar-refractivity contribution in [3.63, 3.8) is 0 Å². The van der Waals surface area contributed by atoms with Gasteiger partial charge in [-0.1, -0.05) is 0 Å². The Morgan fingerprint density at radius 3 is 2.52 bits per heavy atom. The monoisotopic (exact) mass is 284 g/mol. The van der Waals surface area contributed by atoms with Gasteiger partial charge in [0.1, 0.15) is 5.52 Å². The molecule has 108 valence electrons. The van der Waals surface area contributed by atoms with E-state index in [1.165, 1.54) is 0 Å². The highest BCUT2D eigenvalue weighted by molar-refractivity contribution is 5.80. The smallest absolute Gasteiger partial charge is 0.227 e. The molecule has 5 nitrogen and oxygen atoms in total. The summed E-state index contributed by atoms with van der Waals surface area (Å²) in [5, 5.41) is 3.08. The number of fused-ring (bicyclic) bond motifs is 1. The van der Waals surface area contributed by atoms with Gasteiger partial charge in [0.05, 0.1) is 14.2 Å². The minimum absolute atomic E-state index is 0.555. The fourth-order valence-electron chi connectivity index (χ4n) is 2.17. The molecule has 0 unspecified atom stereocenters. The number of hydrogen-bond acceptors (Lipinski definition) is 5. The van der Waals surface area contributed by atoms with Crippen molar-refractivity contribution in [2.45, 2.75) is 0 Å². The van der Waals surface area contributed by atoms with Crippen LogP contribution in [0.15, 0.2) is 40.8 Å². The van der Waals surface area contributed by atoms with Crippen molar-refractivity contribution in [2.24, 2.45) is 0 Å². The van der Waals surface area contributed by atoms with E-state index in [-0.39, 0.29) is 0 Å². The molecule has 0 amide bonds. The van der Waals surface area contributed by atoms with Crippen LogP contribution in [0.1, 0.15) is 0 Å². The lowest BCUT2D eigenvalue weighted by Crippen LogP contribution is -1.90. The predicted molar refractivity (Wildman–Crippen MR) is 82.1 cm³/mol. The third-order valence-electron chi connectivity index (χ3n) is 3.31. The summed E-state index contributed by atoms with van der Waals surface area (Å²) in [5.41, 5.74) is 3.39. The molecule has 21 heavy (non-hydrogen) atoms. The van der Waals surface area contributed by atoms with Gasteiger partial charge in [-0.15, -0.1) is 0 Å². The molecule has 0 aliphatic carbocycles.